The van der Waals surface area contributed by atoms with Crippen LogP contribution in [0.5, 0.6) is 0 Å². The molecule has 1 aromatic carbocycles. The quantitative estimate of drug-likeness (QED) is 0.714. The van der Waals surface area contributed by atoms with Gasteiger partial charge in [0.1, 0.15) is 11.9 Å². The van der Waals surface area contributed by atoms with Crippen LogP contribution in [0.2, 0.25) is 0 Å². The van der Waals surface area contributed by atoms with Gasteiger partial charge in [-0.05, 0) is 30.0 Å². The number of nitriles is 1. The third kappa shape index (κ3) is 1.77. The number of benzene rings is 1. The first-order valence-electron chi connectivity index (χ1n) is 4.46. The Hall–Kier alpha value is -1.66. The number of nitrogens with zero attached hydrogens (tertiary/aromatic N) is 1. The van der Waals surface area contributed by atoms with E-state index in [9.17, 15) is 4.39 Å². The molecule has 0 unspecified atom stereocenters. The van der Waals surface area contributed by atoms with Crippen LogP contribution in [0.1, 0.15) is 10.4 Å². The molecule has 0 atom stereocenters. The number of aryl methyl sites for hydroxylation is 1. The summed E-state index contributed by atoms with van der Waals surface area (Å²) in [5, 5.41) is 10.8. The molecule has 0 aliphatic carbocycles. The van der Waals surface area contributed by atoms with E-state index in [-0.39, 0.29) is 5.56 Å². The van der Waals surface area contributed by atoms with Gasteiger partial charge in [-0.15, -0.1) is 11.3 Å². The molecule has 1 aromatic heterocycles. The molecule has 0 radical (unpaired) electrons. The summed E-state index contributed by atoms with van der Waals surface area (Å²) in [4.78, 5) is 1.15. The van der Waals surface area contributed by atoms with Crippen molar-refractivity contribution in [1.82, 2.24) is 0 Å². The third-order valence-electron chi connectivity index (χ3n) is 2.17. The average molecular weight is 217 g/mol. The Bertz CT molecular complexity index is 537. The predicted octanol–water partition coefficient (Wildman–Crippen LogP) is 3.73. The second kappa shape index (κ2) is 3.84. The van der Waals surface area contributed by atoms with E-state index in [1.165, 1.54) is 6.07 Å². The van der Waals surface area contributed by atoms with Gasteiger partial charge in [-0.1, -0.05) is 12.1 Å². The van der Waals surface area contributed by atoms with Crippen LogP contribution in [0, 0.1) is 24.1 Å². The second-order valence-electron chi connectivity index (χ2n) is 3.22. The highest BCUT2D eigenvalue weighted by molar-refractivity contribution is 7.10. The molecule has 3 heteroatoms. The monoisotopic (exact) mass is 217 g/mol. The summed E-state index contributed by atoms with van der Waals surface area (Å²) >= 11 is 1.59. The maximum absolute atomic E-state index is 13.3. The second-order valence-corrected chi connectivity index (χ2v) is 4.34. The Morgan fingerprint density at radius 1 is 1.40 bits per heavy atom. The van der Waals surface area contributed by atoms with E-state index in [1.54, 1.807) is 23.5 Å². The van der Waals surface area contributed by atoms with Crippen LogP contribution < -0.4 is 0 Å². The molecule has 0 bridgehead atoms. The zero-order chi connectivity index (χ0) is 10.8. The molecular weight excluding hydrogens is 209 g/mol. The van der Waals surface area contributed by atoms with Crippen molar-refractivity contribution >= 4 is 11.3 Å². The summed E-state index contributed by atoms with van der Waals surface area (Å²) in [7, 11) is 0. The Kier molecular flexibility index (Phi) is 2.53. The van der Waals surface area contributed by atoms with Gasteiger partial charge in [0.05, 0.1) is 5.56 Å². The highest BCUT2D eigenvalue weighted by atomic mass is 32.1. The molecule has 0 N–H and O–H groups in total. The summed E-state index contributed by atoms with van der Waals surface area (Å²) < 4.78 is 13.3. The molecule has 0 amide bonds. The van der Waals surface area contributed by atoms with E-state index in [0.717, 1.165) is 10.4 Å². The smallest absolute Gasteiger partial charge is 0.141 e. The molecule has 0 aliphatic heterocycles. The molecule has 15 heavy (non-hydrogen) atoms. The number of halogens is 1. The summed E-state index contributed by atoms with van der Waals surface area (Å²) in [6.45, 7) is 1.99. The van der Waals surface area contributed by atoms with Crippen LogP contribution in [-0.2, 0) is 0 Å². The van der Waals surface area contributed by atoms with Gasteiger partial charge in [0.2, 0.25) is 0 Å². The fourth-order valence-electron chi connectivity index (χ4n) is 1.46. The van der Waals surface area contributed by atoms with Crippen molar-refractivity contribution in [3.8, 4) is 17.2 Å². The largest absolute Gasteiger partial charge is 0.206 e. The minimum Gasteiger partial charge on any atom is -0.206 e. The number of hydrogen-bond donors (Lipinski definition) is 0. The highest BCUT2D eigenvalue weighted by Crippen LogP contribution is 2.28. The molecule has 1 heterocycles. The fraction of sp³-hybridized carbons (Fsp3) is 0.0833. The van der Waals surface area contributed by atoms with E-state index >= 15 is 0 Å². The topological polar surface area (TPSA) is 23.8 Å². The average Bonchev–Trinajstić information content (AvgIpc) is 2.64. The van der Waals surface area contributed by atoms with Crippen LogP contribution >= 0.6 is 11.3 Å². The minimum absolute atomic E-state index is 0.121. The molecule has 74 valence electrons. The Balaban J connectivity index is 2.63. The summed E-state index contributed by atoms with van der Waals surface area (Å²) in [5.74, 6) is -0.459. The summed E-state index contributed by atoms with van der Waals surface area (Å²) in [5.41, 5.74) is 1.70. The van der Waals surface area contributed by atoms with Gasteiger partial charge >= 0.3 is 0 Å². The van der Waals surface area contributed by atoms with Gasteiger partial charge in [-0.3, -0.25) is 0 Å². The lowest BCUT2D eigenvalue weighted by Crippen LogP contribution is -1.87. The van der Waals surface area contributed by atoms with Crippen LogP contribution in [0.25, 0.3) is 11.1 Å². The van der Waals surface area contributed by atoms with E-state index in [2.05, 4.69) is 0 Å². The number of rotatable bonds is 1. The van der Waals surface area contributed by atoms with Crippen LogP contribution in [0.4, 0.5) is 4.39 Å². The van der Waals surface area contributed by atoms with Gasteiger partial charge in [0, 0.05) is 10.4 Å². The van der Waals surface area contributed by atoms with Gasteiger partial charge in [-0.2, -0.15) is 5.26 Å². The van der Waals surface area contributed by atoms with E-state index < -0.39 is 5.82 Å². The standard InChI is InChI=1S/C12H8FNS/c1-8-5-9(7-15-8)10-3-2-4-12(13)11(10)6-14/h2-5,7H,1H3. The molecule has 2 aromatic rings. The zero-order valence-corrected chi connectivity index (χ0v) is 8.94. The van der Waals surface area contributed by atoms with Crippen molar-refractivity contribution in [1.29, 1.82) is 5.26 Å². The lowest BCUT2D eigenvalue weighted by atomic mass is 10.0. The number of hydrogen-bond acceptors (Lipinski definition) is 2. The van der Waals surface area contributed by atoms with E-state index in [4.69, 9.17) is 5.26 Å². The van der Waals surface area contributed by atoms with Crippen LogP contribution in [-0.4, -0.2) is 0 Å². The Labute approximate surface area is 91.4 Å². The summed E-state index contributed by atoms with van der Waals surface area (Å²) in [6, 6.07) is 8.56. The molecule has 0 saturated heterocycles. The van der Waals surface area contributed by atoms with Gasteiger partial charge in [0.15, 0.2) is 0 Å². The predicted molar refractivity (Wildman–Crippen MR) is 59.2 cm³/mol. The fourth-order valence-corrected chi connectivity index (χ4v) is 2.17. The van der Waals surface area contributed by atoms with Crippen LogP contribution in [0.3, 0.4) is 0 Å². The highest BCUT2D eigenvalue weighted by Gasteiger charge is 2.10. The van der Waals surface area contributed by atoms with Crippen LogP contribution in [0.15, 0.2) is 29.6 Å². The lowest BCUT2D eigenvalue weighted by Gasteiger charge is -2.01. The molecule has 0 aliphatic rings. The van der Waals surface area contributed by atoms with Gasteiger partial charge in [0.25, 0.3) is 0 Å². The van der Waals surface area contributed by atoms with E-state index in [0.29, 0.717) is 5.56 Å². The van der Waals surface area contributed by atoms with Gasteiger partial charge < -0.3 is 0 Å². The first kappa shape index (κ1) is 9.88. The maximum atomic E-state index is 13.3. The molecule has 0 spiro atoms. The SMILES string of the molecule is Cc1cc(-c2cccc(F)c2C#N)cs1. The van der Waals surface area contributed by atoms with Gasteiger partial charge in [-0.25, -0.2) is 4.39 Å². The van der Waals surface area contributed by atoms with Crippen molar-refractivity contribution in [3.05, 3.63) is 45.9 Å². The van der Waals surface area contributed by atoms with E-state index in [1.807, 2.05) is 24.4 Å². The van der Waals surface area contributed by atoms with Crippen molar-refractivity contribution in [2.45, 2.75) is 6.92 Å². The molecule has 1 nitrogen and oxygen atoms in total. The first-order chi connectivity index (χ1) is 7.22. The maximum Gasteiger partial charge on any atom is 0.141 e. The minimum atomic E-state index is -0.459. The molecule has 2 rings (SSSR count). The van der Waals surface area contributed by atoms with Crippen molar-refractivity contribution in [2.24, 2.45) is 0 Å². The molecule has 0 saturated carbocycles. The van der Waals surface area contributed by atoms with Crippen molar-refractivity contribution in [2.75, 3.05) is 0 Å². The normalized spacial score (nSPS) is 9.93. The Morgan fingerprint density at radius 3 is 2.80 bits per heavy atom. The third-order valence-corrected chi connectivity index (χ3v) is 3.03. The molecular formula is C12H8FNS. The Morgan fingerprint density at radius 2 is 2.20 bits per heavy atom. The first-order valence-corrected chi connectivity index (χ1v) is 5.34. The summed E-state index contributed by atoms with van der Waals surface area (Å²) in [6.07, 6.45) is 0. The molecule has 0 fully saturated rings. The van der Waals surface area contributed by atoms with Crippen molar-refractivity contribution in [3.63, 3.8) is 0 Å². The zero-order valence-electron chi connectivity index (χ0n) is 8.12. The number of thiophene rings is 1. The van der Waals surface area contributed by atoms with Crippen molar-refractivity contribution < 1.29 is 4.39 Å². The lowest BCUT2D eigenvalue weighted by molar-refractivity contribution is 0.624.